The summed E-state index contributed by atoms with van der Waals surface area (Å²) in [6.45, 7) is 2.59. The molecule has 3 fully saturated rings. The van der Waals surface area contributed by atoms with E-state index in [9.17, 15) is 10.2 Å². The smallest absolute Gasteiger partial charge is 0.160 e. The molecule has 0 aromatic rings. The van der Waals surface area contributed by atoms with Crippen LogP contribution in [0.1, 0.15) is 6.92 Å². The quantitative estimate of drug-likeness (QED) is 0.493. The van der Waals surface area contributed by atoms with E-state index in [1.165, 1.54) is 0 Å². The first-order chi connectivity index (χ1) is 6.20. The Morgan fingerprint density at radius 2 is 1.92 bits per heavy atom. The molecule has 3 aliphatic rings. The zero-order valence-electron chi connectivity index (χ0n) is 7.46. The first-order valence-corrected chi connectivity index (χ1v) is 4.83. The van der Waals surface area contributed by atoms with Crippen molar-refractivity contribution in [2.75, 3.05) is 6.61 Å². The maximum atomic E-state index is 9.83. The topological polar surface area (TPSA) is 62.2 Å². The predicted octanol–water partition coefficient (Wildman–Crippen LogP) is -0.655. The average molecular weight is 186 g/mol. The lowest BCUT2D eigenvalue weighted by atomic mass is 9.81. The van der Waals surface area contributed by atoms with Crippen molar-refractivity contribution in [3.05, 3.63) is 0 Å². The number of hydrogen-bond acceptors (Lipinski definition) is 4. The maximum absolute atomic E-state index is 9.83. The molecule has 0 spiro atoms. The number of rotatable bonds is 0. The Labute approximate surface area is 76.5 Å². The molecule has 2 aliphatic heterocycles. The number of aliphatic hydroxyl groups is 2. The molecule has 4 heteroatoms. The number of ether oxygens (including phenoxy) is 2. The minimum absolute atomic E-state index is 0.0104. The van der Waals surface area contributed by atoms with Crippen LogP contribution in [0, 0.1) is 17.8 Å². The third-order valence-electron chi connectivity index (χ3n) is 3.63. The molecule has 4 nitrogen and oxygen atoms in total. The van der Waals surface area contributed by atoms with Crippen molar-refractivity contribution < 1.29 is 19.7 Å². The molecule has 3 rings (SSSR count). The van der Waals surface area contributed by atoms with Crippen molar-refractivity contribution >= 4 is 0 Å². The Morgan fingerprint density at radius 3 is 2.62 bits per heavy atom. The molecule has 74 valence electrons. The van der Waals surface area contributed by atoms with Crippen LogP contribution >= 0.6 is 0 Å². The highest BCUT2D eigenvalue weighted by molar-refractivity contribution is 5.11. The standard InChI is InChI=1S/C9H14O4/c1-3-2-12-9(11)5-4(3)6(10)8-7(5)13-8/h3-11H,2H2,1H3. The van der Waals surface area contributed by atoms with Gasteiger partial charge in [0.15, 0.2) is 6.29 Å². The van der Waals surface area contributed by atoms with E-state index < -0.39 is 12.4 Å². The minimum Gasteiger partial charge on any atom is -0.390 e. The molecule has 0 aromatic carbocycles. The molecule has 0 radical (unpaired) electrons. The van der Waals surface area contributed by atoms with Crippen molar-refractivity contribution in [3.63, 3.8) is 0 Å². The zero-order chi connectivity index (χ0) is 9.16. The molecule has 13 heavy (non-hydrogen) atoms. The molecule has 1 aliphatic carbocycles. The van der Waals surface area contributed by atoms with Crippen LogP contribution in [0.25, 0.3) is 0 Å². The number of aliphatic hydroxyl groups excluding tert-OH is 2. The van der Waals surface area contributed by atoms with Crippen LogP contribution in [0.15, 0.2) is 0 Å². The summed E-state index contributed by atoms with van der Waals surface area (Å²) in [4.78, 5) is 0. The van der Waals surface area contributed by atoms with Gasteiger partial charge in [0.05, 0.1) is 18.8 Å². The normalized spacial score (nSPS) is 64.4. The molecule has 2 heterocycles. The van der Waals surface area contributed by atoms with Gasteiger partial charge in [-0.05, 0) is 5.92 Å². The van der Waals surface area contributed by atoms with E-state index in [1.807, 2.05) is 0 Å². The average Bonchev–Trinajstić information content (AvgIpc) is 2.82. The molecule has 0 amide bonds. The Bertz CT molecular complexity index is 219. The predicted molar refractivity (Wildman–Crippen MR) is 42.8 cm³/mol. The maximum Gasteiger partial charge on any atom is 0.160 e. The summed E-state index contributed by atoms with van der Waals surface area (Å²) in [7, 11) is 0. The highest BCUT2D eigenvalue weighted by atomic mass is 16.6. The lowest BCUT2D eigenvalue weighted by Gasteiger charge is -2.37. The third kappa shape index (κ3) is 0.944. The summed E-state index contributed by atoms with van der Waals surface area (Å²) >= 11 is 0. The lowest BCUT2D eigenvalue weighted by molar-refractivity contribution is -0.210. The molecule has 2 saturated heterocycles. The van der Waals surface area contributed by atoms with Crippen LogP contribution < -0.4 is 0 Å². The van der Waals surface area contributed by atoms with Gasteiger partial charge in [0, 0.05) is 11.8 Å². The summed E-state index contributed by atoms with van der Waals surface area (Å²) in [5.74, 6) is 0.469. The molecule has 0 aromatic heterocycles. The van der Waals surface area contributed by atoms with Crippen molar-refractivity contribution in [2.45, 2.75) is 31.5 Å². The number of epoxide rings is 1. The second kappa shape index (κ2) is 2.45. The highest BCUT2D eigenvalue weighted by Gasteiger charge is 2.66. The fourth-order valence-electron chi connectivity index (χ4n) is 2.93. The van der Waals surface area contributed by atoms with E-state index in [4.69, 9.17) is 9.47 Å². The molecule has 7 atom stereocenters. The second-order valence-corrected chi connectivity index (χ2v) is 4.41. The minimum atomic E-state index is -0.742. The van der Waals surface area contributed by atoms with Crippen LogP contribution in [0.5, 0.6) is 0 Å². The van der Waals surface area contributed by atoms with Gasteiger partial charge in [0.2, 0.25) is 0 Å². The molecule has 7 unspecified atom stereocenters. The van der Waals surface area contributed by atoms with E-state index in [-0.39, 0.29) is 24.0 Å². The van der Waals surface area contributed by atoms with Gasteiger partial charge in [-0.15, -0.1) is 0 Å². The van der Waals surface area contributed by atoms with E-state index >= 15 is 0 Å². The second-order valence-electron chi connectivity index (χ2n) is 4.41. The van der Waals surface area contributed by atoms with Gasteiger partial charge in [-0.25, -0.2) is 0 Å². The van der Waals surface area contributed by atoms with E-state index in [1.54, 1.807) is 0 Å². The summed E-state index contributed by atoms with van der Waals surface area (Å²) in [5.41, 5.74) is 0. The Hall–Kier alpha value is -0.160. The fraction of sp³-hybridized carbons (Fsp3) is 1.00. The third-order valence-corrected chi connectivity index (χ3v) is 3.63. The number of hydrogen-bond donors (Lipinski definition) is 2. The van der Waals surface area contributed by atoms with Gasteiger partial charge in [-0.1, -0.05) is 6.92 Å². The first kappa shape index (κ1) is 8.17. The largest absolute Gasteiger partial charge is 0.390 e. The van der Waals surface area contributed by atoms with Gasteiger partial charge in [0.1, 0.15) is 6.10 Å². The molecule has 1 saturated carbocycles. The highest BCUT2D eigenvalue weighted by Crippen LogP contribution is 2.52. The summed E-state index contributed by atoms with van der Waals surface area (Å²) in [6, 6.07) is 0. The Morgan fingerprint density at radius 1 is 1.15 bits per heavy atom. The summed E-state index contributed by atoms with van der Waals surface area (Å²) in [5, 5.41) is 19.4. The van der Waals surface area contributed by atoms with Crippen molar-refractivity contribution in [1.82, 2.24) is 0 Å². The van der Waals surface area contributed by atoms with Crippen molar-refractivity contribution in [3.8, 4) is 0 Å². The van der Waals surface area contributed by atoms with Crippen LogP contribution in [0.2, 0.25) is 0 Å². The van der Waals surface area contributed by atoms with Crippen LogP contribution in [0.3, 0.4) is 0 Å². The fourth-order valence-corrected chi connectivity index (χ4v) is 2.93. The van der Waals surface area contributed by atoms with E-state index in [0.29, 0.717) is 12.5 Å². The molecular formula is C9H14O4. The Kier molecular flexibility index (Phi) is 1.54. The van der Waals surface area contributed by atoms with E-state index in [0.717, 1.165) is 0 Å². The molecule has 2 N–H and O–H groups in total. The van der Waals surface area contributed by atoms with Gasteiger partial charge < -0.3 is 19.7 Å². The molecular weight excluding hydrogens is 172 g/mol. The van der Waals surface area contributed by atoms with Crippen LogP contribution in [0.4, 0.5) is 0 Å². The summed E-state index contributed by atoms with van der Waals surface area (Å²) < 4.78 is 10.5. The van der Waals surface area contributed by atoms with E-state index in [2.05, 4.69) is 6.92 Å². The SMILES string of the molecule is CC1COC(O)C2C3OC3C(O)C12. The molecule has 0 bridgehead atoms. The van der Waals surface area contributed by atoms with Gasteiger partial charge in [-0.3, -0.25) is 0 Å². The monoisotopic (exact) mass is 186 g/mol. The van der Waals surface area contributed by atoms with Gasteiger partial charge >= 0.3 is 0 Å². The Balaban J connectivity index is 1.89. The van der Waals surface area contributed by atoms with Crippen LogP contribution in [-0.4, -0.2) is 41.4 Å². The zero-order valence-corrected chi connectivity index (χ0v) is 7.46. The van der Waals surface area contributed by atoms with Gasteiger partial charge in [-0.2, -0.15) is 0 Å². The van der Waals surface area contributed by atoms with Crippen LogP contribution in [-0.2, 0) is 9.47 Å². The van der Waals surface area contributed by atoms with Crippen molar-refractivity contribution in [2.24, 2.45) is 17.8 Å². The van der Waals surface area contributed by atoms with Crippen molar-refractivity contribution in [1.29, 1.82) is 0 Å². The van der Waals surface area contributed by atoms with Gasteiger partial charge in [0.25, 0.3) is 0 Å². The lowest BCUT2D eigenvalue weighted by Crippen LogP contribution is -2.45. The number of fused-ring (bicyclic) bond motifs is 3. The first-order valence-electron chi connectivity index (χ1n) is 4.83. The summed E-state index contributed by atoms with van der Waals surface area (Å²) in [6.07, 6.45) is -1.14.